The molecule has 0 saturated heterocycles. The first-order valence-corrected chi connectivity index (χ1v) is 19.2. The van der Waals surface area contributed by atoms with Gasteiger partial charge in [-0.15, -0.1) is 0 Å². The summed E-state index contributed by atoms with van der Waals surface area (Å²) in [6, 6.07) is 70.2. The minimum absolute atomic E-state index is 0.452. The third-order valence-electron chi connectivity index (χ3n) is 11.1. The average Bonchev–Trinajstić information content (AvgIpc) is 3.54. The van der Waals surface area contributed by atoms with Gasteiger partial charge in [0.15, 0.2) is 5.82 Å². The van der Waals surface area contributed by atoms with Crippen LogP contribution in [0.5, 0.6) is 0 Å². The molecule has 11 rings (SSSR count). The van der Waals surface area contributed by atoms with Gasteiger partial charge in [0.25, 0.3) is 0 Å². The molecule has 0 atom stereocenters. The molecule has 8 aromatic carbocycles. The Labute approximate surface area is 318 Å². The Morgan fingerprint density at radius 3 is 1.74 bits per heavy atom. The van der Waals surface area contributed by atoms with Crippen molar-refractivity contribution in [2.75, 3.05) is 0 Å². The molecular formula is C51H32N2S. The summed E-state index contributed by atoms with van der Waals surface area (Å²) >= 11 is 1.87. The van der Waals surface area contributed by atoms with Crippen LogP contribution >= 0.6 is 11.8 Å². The summed E-state index contributed by atoms with van der Waals surface area (Å²) in [6.07, 6.45) is 0. The van der Waals surface area contributed by atoms with Crippen LogP contribution in [0.1, 0.15) is 22.3 Å². The van der Waals surface area contributed by atoms with Gasteiger partial charge in [-0.2, -0.15) is 0 Å². The number of nitrogens with zero attached hydrogens (tertiary/aromatic N) is 2. The molecule has 2 nitrogen and oxygen atoms in total. The summed E-state index contributed by atoms with van der Waals surface area (Å²) in [5.41, 5.74) is 14.6. The summed E-state index contributed by atoms with van der Waals surface area (Å²) in [4.78, 5) is 13.3. The molecule has 252 valence electrons. The Bertz CT molecular complexity index is 2880. The topological polar surface area (TPSA) is 25.8 Å². The predicted molar refractivity (Wildman–Crippen MR) is 223 cm³/mol. The van der Waals surface area contributed by atoms with Gasteiger partial charge in [0.2, 0.25) is 0 Å². The zero-order valence-electron chi connectivity index (χ0n) is 29.3. The number of benzene rings is 8. The van der Waals surface area contributed by atoms with E-state index in [-0.39, 0.29) is 0 Å². The SMILES string of the molecule is c1ccc(-c2cc(-c3cccc4c3-c3ccccc3C43c4ccccc4Sc4ccccc43)nc(-c3cccc(-c4ccc5ccccc5c4)c3)n2)cc1. The van der Waals surface area contributed by atoms with Crippen molar-refractivity contribution in [3.05, 3.63) is 216 Å². The van der Waals surface area contributed by atoms with Crippen molar-refractivity contribution in [3.8, 4) is 56.2 Å². The number of hydrogen-bond donors (Lipinski definition) is 0. The molecule has 1 spiro atoms. The lowest BCUT2D eigenvalue weighted by Gasteiger charge is -2.39. The molecule has 0 N–H and O–H groups in total. The first-order valence-electron chi connectivity index (χ1n) is 18.4. The zero-order chi connectivity index (χ0) is 35.6. The smallest absolute Gasteiger partial charge is 0.160 e. The highest BCUT2D eigenvalue weighted by Crippen LogP contribution is 2.63. The van der Waals surface area contributed by atoms with E-state index in [1.807, 2.05) is 11.8 Å². The Hall–Kier alpha value is -6.55. The minimum Gasteiger partial charge on any atom is -0.228 e. The van der Waals surface area contributed by atoms with Crippen molar-refractivity contribution in [2.45, 2.75) is 15.2 Å². The lowest BCUT2D eigenvalue weighted by Crippen LogP contribution is -2.31. The maximum atomic E-state index is 5.44. The minimum atomic E-state index is -0.452. The highest BCUT2D eigenvalue weighted by Gasteiger charge is 2.50. The average molecular weight is 705 g/mol. The van der Waals surface area contributed by atoms with Crippen LogP contribution in [0.25, 0.3) is 66.9 Å². The van der Waals surface area contributed by atoms with Crippen LogP contribution in [-0.2, 0) is 5.41 Å². The number of hydrogen-bond acceptors (Lipinski definition) is 3. The van der Waals surface area contributed by atoms with Crippen LogP contribution in [0.15, 0.2) is 204 Å². The van der Waals surface area contributed by atoms with E-state index >= 15 is 0 Å². The van der Waals surface area contributed by atoms with Crippen LogP contribution in [0.2, 0.25) is 0 Å². The van der Waals surface area contributed by atoms with Crippen LogP contribution in [0.3, 0.4) is 0 Å². The summed E-state index contributed by atoms with van der Waals surface area (Å²) in [7, 11) is 0. The van der Waals surface area contributed by atoms with E-state index < -0.39 is 5.41 Å². The van der Waals surface area contributed by atoms with Crippen molar-refractivity contribution in [1.82, 2.24) is 9.97 Å². The molecule has 0 bridgehead atoms. The van der Waals surface area contributed by atoms with E-state index in [1.54, 1.807) is 0 Å². The second kappa shape index (κ2) is 12.3. The van der Waals surface area contributed by atoms with E-state index in [0.717, 1.165) is 33.6 Å². The zero-order valence-corrected chi connectivity index (χ0v) is 30.1. The van der Waals surface area contributed by atoms with Crippen molar-refractivity contribution in [2.24, 2.45) is 0 Å². The molecule has 54 heavy (non-hydrogen) atoms. The van der Waals surface area contributed by atoms with E-state index in [9.17, 15) is 0 Å². The fourth-order valence-corrected chi connectivity index (χ4v) is 9.99. The van der Waals surface area contributed by atoms with Gasteiger partial charge < -0.3 is 0 Å². The molecule has 2 aliphatic rings. The fourth-order valence-electron chi connectivity index (χ4n) is 8.79. The van der Waals surface area contributed by atoms with Gasteiger partial charge >= 0.3 is 0 Å². The van der Waals surface area contributed by atoms with Crippen molar-refractivity contribution in [1.29, 1.82) is 0 Å². The van der Waals surface area contributed by atoms with Gasteiger partial charge in [0.1, 0.15) is 0 Å². The predicted octanol–water partition coefficient (Wildman–Crippen LogP) is 13.1. The first kappa shape index (κ1) is 31.0. The van der Waals surface area contributed by atoms with Gasteiger partial charge in [-0.05, 0) is 85.6 Å². The van der Waals surface area contributed by atoms with Gasteiger partial charge in [-0.25, -0.2) is 9.97 Å². The van der Waals surface area contributed by atoms with Gasteiger partial charge in [0, 0.05) is 26.5 Å². The van der Waals surface area contributed by atoms with Gasteiger partial charge in [-0.1, -0.05) is 176 Å². The molecular weight excluding hydrogens is 673 g/mol. The third-order valence-corrected chi connectivity index (χ3v) is 12.3. The molecule has 0 saturated carbocycles. The molecule has 1 aromatic heterocycles. The summed E-state index contributed by atoms with van der Waals surface area (Å²) in [5, 5.41) is 2.46. The number of rotatable bonds is 4. The van der Waals surface area contributed by atoms with Gasteiger partial charge in [-0.3, -0.25) is 0 Å². The molecule has 0 unspecified atom stereocenters. The van der Waals surface area contributed by atoms with Crippen LogP contribution in [-0.4, -0.2) is 9.97 Å². The molecule has 0 amide bonds. The largest absolute Gasteiger partial charge is 0.228 e. The van der Waals surface area contributed by atoms with Gasteiger partial charge in [0.05, 0.1) is 16.8 Å². The first-order chi connectivity index (χ1) is 26.8. The van der Waals surface area contributed by atoms with E-state index in [0.29, 0.717) is 5.82 Å². The fraction of sp³-hybridized carbons (Fsp3) is 0.0196. The lowest BCUT2D eigenvalue weighted by molar-refractivity contribution is 0.722. The van der Waals surface area contributed by atoms with Crippen LogP contribution < -0.4 is 0 Å². The molecule has 0 fully saturated rings. The molecule has 1 aliphatic heterocycles. The maximum Gasteiger partial charge on any atom is 0.160 e. The monoisotopic (exact) mass is 704 g/mol. The summed E-state index contributed by atoms with van der Waals surface area (Å²) < 4.78 is 0. The van der Waals surface area contributed by atoms with E-state index in [2.05, 4.69) is 194 Å². The molecule has 1 aliphatic carbocycles. The Kier molecular flexibility index (Phi) is 7.05. The quantitative estimate of drug-likeness (QED) is 0.182. The normalized spacial score (nSPS) is 13.3. The molecule has 3 heteroatoms. The number of fused-ring (bicyclic) bond motifs is 10. The van der Waals surface area contributed by atoms with Crippen molar-refractivity contribution < 1.29 is 0 Å². The highest BCUT2D eigenvalue weighted by molar-refractivity contribution is 7.99. The Morgan fingerprint density at radius 2 is 0.926 bits per heavy atom. The molecule has 9 aromatic rings. The standard InChI is InChI=1S/C51H32N2S/c1-2-15-34(16-3-1)45-32-46(53-50(52-45)38-19-12-18-36(31-38)37-29-28-33-14-4-5-17-35(33)30-37)40-21-13-25-44-49(40)39-20-6-7-22-41(39)51(44)42-23-8-10-26-47(42)54-48-27-11-9-24-43(48)51/h1-32H. The van der Waals surface area contributed by atoms with E-state index in [4.69, 9.17) is 9.97 Å². The number of aromatic nitrogens is 2. The Morgan fingerprint density at radius 1 is 0.352 bits per heavy atom. The highest BCUT2D eigenvalue weighted by atomic mass is 32.2. The van der Waals surface area contributed by atoms with Crippen molar-refractivity contribution >= 4 is 22.5 Å². The Balaban J connectivity index is 1.15. The second-order valence-corrected chi connectivity index (χ2v) is 15.2. The maximum absolute atomic E-state index is 5.44. The van der Waals surface area contributed by atoms with Crippen LogP contribution in [0.4, 0.5) is 0 Å². The lowest BCUT2D eigenvalue weighted by atomic mass is 9.67. The molecule has 0 radical (unpaired) electrons. The van der Waals surface area contributed by atoms with E-state index in [1.165, 1.54) is 59.5 Å². The summed E-state index contributed by atoms with van der Waals surface area (Å²) in [6.45, 7) is 0. The molecule has 2 heterocycles. The van der Waals surface area contributed by atoms with Crippen LogP contribution in [0, 0.1) is 0 Å². The third kappa shape index (κ3) is 4.68. The van der Waals surface area contributed by atoms with Crippen molar-refractivity contribution in [3.63, 3.8) is 0 Å². The second-order valence-electron chi connectivity index (χ2n) is 14.1. The summed E-state index contributed by atoms with van der Waals surface area (Å²) in [5.74, 6) is 0.706.